The Bertz CT molecular complexity index is 514. The van der Waals surface area contributed by atoms with Crippen molar-refractivity contribution < 1.29 is 4.74 Å². The van der Waals surface area contributed by atoms with E-state index in [1.165, 1.54) is 0 Å². The number of hydrogen-bond donors (Lipinski definition) is 0. The summed E-state index contributed by atoms with van der Waals surface area (Å²) in [6.45, 7) is 0. The summed E-state index contributed by atoms with van der Waals surface area (Å²) in [5.74, 6) is 0.948. The van der Waals surface area contributed by atoms with Crippen molar-refractivity contribution in [1.82, 2.24) is 4.98 Å². The molecule has 0 aliphatic carbocycles. The molecule has 1 heterocycles. The van der Waals surface area contributed by atoms with Crippen LogP contribution in [-0.4, -0.2) is 4.98 Å². The first kappa shape index (κ1) is 13.1. The van der Waals surface area contributed by atoms with E-state index in [1.807, 2.05) is 0 Å². The molecule has 2 nitrogen and oxygen atoms in total. The highest BCUT2D eigenvalue weighted by molar-refractivity contribution is 9.10. The average Bonchev–Trinajstić information content (AvgIpc) is 2.25. The van der Waals surface area contributed by atoms with E-state index >= 15 is 0 Å². The van der Waals surface area contributed by atoms with Gasteiger partial charge in [-0.15, -0.1) is 0 Å². The normalized spacial score (nSPS) is 10.4. The first-order valence-corrected chi connectivity index (χ1v) is 6.84. The van der Waals surface area contributed by atoms with Crippen molar-refractivity contribution in [3.63, 3.8) is 0 Å². The molecule has 0 aliphatic heterocycles. The highest BCUT2D eigenvalue weighted by atomic mass is 79.9. The van der Waals surface area contributed by atoms with Crippen molar-refractivity contribution in [2.24, 2.45) is 0 Å². The standard InChI is InChI=1S/C11H5Br2Cl2NO/c12-6-3-9(15)11(16-5-6)17-10-2-1-7(14)4-8(10)13/h1-5H. The number of ether oxygens (including phenoxy) is 1. The summed E-state index contributed by atoms with van der Waals surface area (Å²) >= 11 is 18.5. The lowest BCUT2D eigenvalue weighted by Crippen LogP contribution is -1.89. The highest BCUT2D eigenvalue weighted by Crippen LogP contribution is 2.34. The number of rotatable bonds is 2. The molecule has 0 radical (unpaired) electrons. The van der Waals surface area contributed by atoms with E-state index in [0.717, 1.165) is 8.95 Å². The van der Waals surface area contributed by atoms with Crippen LogP contribution in [0.25, 0.3) is 0 Å². The second-order valence-corrected chi connectivity index (χ2v) is 5.73. The van der Waals surface area contributed by atoms with Gasteiger partial charge >= 0.3 is 0 Å². The molecule has 0 N–H and O–H groups in total. The predicted octanol–water partition coefficient (Wildman–Crippen LogP) is 5.71. The molecule has 0 fully saturated rings. The third kappa shape index (κ3) is 3.35. The first-order valence-electron chi connectivity index (χ1n) is 4.50. The molecule has 1 aromatic carbocycles. The summed E-state index contributed by atoms with van der Waals surface area (Å²) in [7, 11) is 0. The van der Waals surface area contributed by atoms with Crippen LogP contribution < -0.4 is 4.74 Å². The Morgan fingerprint density at radius 2 is 1.88 bits per heavy atom. The van der Waals surface area contributed by atoms with Crippen LogP contribution in [0.3, 0.4) is 0 Å². The Labute approximate surface area is 125 Å². The molecule has 88 valence electrons. The van der Waals surface area contributed by atoms with E-state index in [-0.39, 0.29) is 0 Å². The first-order chi connectivity index (χ1) is 8.06. The van der Waals surface area contributed by atoms with E-state index in [2.05, 4.69) is 36.8 Å². The zero-order valence-electron chi connectivity index (χ0n) is 8.25. The smallest absolute Gasteiger partial charge is 0.238 e. The van der Waals surface area contributed by atoms with Gasteiger partial charge in [-0.1, -0.05) is 23.2 Å². The molecule has 2 aromatic rings. The van der Waals surface area contributed by atoms with Crippen LogP contribution in [0.15, 0.2) is 39.4 Å². The van der Waals surface area contributed by atoms with Gasteiger partial charge < -0.3 is 4.74 Å². The van der Waals surface area contributed by atoms with Gasteiger partial charge in [0.1, 0.15) is 10.8 Å². The van der Waals surface area contributed by atoms with Gasteiger partial charge in [-0.3, -0.25) is 0 Å². The van der Waals surface area contributed by atoms with Crippen molar-refractivity contribution in [2.45, 2.75) is 0 Å². The molecule has 0 amide bonds. The molecule has 0 saturated carbocycles. The fraction of sp³-hybridized carbons (Fsp3) is 0. The molecule has 0 unspecified atom stereocenters. The van der Waals surface area contributed by atoms with Crippen molar-refractivity contribution in [3.8, 4) is 11.6 Å². The van der Waals surface area contributed by atoms with E-state index in [4.69, 9.17) is 27.9 Å². The fourth-order valence-corrected chi connectivity index (χ4v) is 2.57. The van der Waals surface area contributed by atoms with Gasteiger partial charge in [0.2, 0.25) is 5.88 Å². The topological polar surface area (TPSA) is 22.1 Å². The van der Waals surface area contributed by atoms with Crippen LogP contribution in [0, 0.1) is 0 Å². The van der Waals surface area contributed by atoms with Crippen molar-refractivity contribution in [1.29, 1.82) is 0 Å². The number of pyridine rings is 1. The minimum absolute atomic E-state index is 0.345. The predicted molar refractivity (Wildman–Crippen MR) is 76.2 cm³/mol. The van der Waals surface area contributed by atoms with Crippen LogP contribution in [0.4, 0.5) is 0 Å². The maximum Gasteiger partial charge on any atom is 0.238 e. The number of aromatic nitrogens is 1. The van der Waals surface area contributed by atoms with Gasteiger partial charge in [-0.05, 0) is 56.1 Å². The molecule has 1 aromatic heterocycles. The van der Waals surface area contributed by atoms with E-state index < -0.39 is 0 Å². The Morgan fingerprint density at radius 1 is 1.12 bits per heavy atom. The minimum atomic E-state index is 0.345. The summed E-state index contributed by atoms with van der Waals surface area (Å²) in [5.41, 5.74) is 0. The summed E-state index contributed by atoms with van der Waals surface area (Å²) in [5, 5.41) is 1.06. The van der Waals surface area contributed by atoms with E-state index in [1.54, 1.807) is 30.5 Å². The maximum absolute atomic E-state index is 6.00. The van der Waals surface area contributed by atoms with E-state index in [9.17, 15) is 0 Å². The molecule has 0 bridgehead atoms. The number of nitrogens with zero attached hydrogens (tertiary/aromatic N) is 1. The number of halogens is 4. The summed E-state index contributed by atoms with van der Waals surface area (Å²) in [4.78, 5) is 4.08. The van der Waals surface area contributed by atoms with Gasteiger partial charge in [-0.2, -0.15) is 0 Å². The highest BCUT2D eigenvalue weighted by Gasteiger charge is 2.08. The Balaban J connectivity index is 2.31. The molecule has 6 heteroatoms. The van der Waals surface area contributed by atoms with E-state index in [0.29, 0.717) is 21.7 Å². The second kappa shape index (κ2) is 5.57. The molecular weight excluding hydrogens is 393 g/mol. The Morgan fingerprint density at radius 3 is 2.53 bits per heavy atom. The summed E-state index contributed by atoms with van der Waals surface area (Å²) < 4.78 is 7.12. The Kier molecular flexibility index (Phi) is 4.31. The lowest BCUT2D eigenvalue weighted by atomic mass is 10.3. The largest absolute Gasteiger partial charge is 0.436 e. The van der Waals surface area contributed by atoms with Crippen LogP contribution in [0.5, 0.6) is 11.6 Å². The van der Waals surface area contributed by atoms with Gasteiger partial charge in [0.15, 0.2) is 0 Å². The molecule has 0 atom stereocenters. The van der Waals surface area contributed by atoms with Gasteiger partial charge in [0, 0.05) is 15.7 Å². The zero-order valence-corrected chi connectivity index (χ0v) is 12.9. The average molecular weight is 398 g/mol. The van der Waals surface area contributed by atoms with Crippen LogP contribution in [0.1, 0.15) is 0 Å². The van der Waals surface area contributed by atoms with Crippen molar-refractivity contribution in [3.05, 3.63) is 49.5 Å². The third-order valence-electron chi connectivity index (χ3n) is 1.87. The van der Waals surface area contributed by atoms with Gasteiger partial charge in [0.05, 0.1) is 4.47 Å². The number of hydrogen-bond acceptors (Lipinski definition) is 2. The summed E-state index contributed by atoms with van der Waals surface area (Å²) in [6, 6.07) is 6.93. The van der Waals surface area contributed by atoms with Gasteiger partial charge in [0.25, 0.3) is 0 Å². The zero-order chi connectivity index (χ0) is 12.4. The van der Waals surface area contributed by atoms with Crippen molar-refractivity contribution in [2.75, 3.05) is 0 Å². The monoisotopic (exact) mass is 395 g/mol. The van der Waals surface area contributed by atoms with Crippen LogP contribution >= 0.6 is 55.1 Å². The summed E-state index contributed by atoms with van der Waals surface area (Å²) in [6.07, 6.45) is 1.62. The SMILES string of the molecule is Clc1ccc(Oc2ncc(Br)cc2Cl)c(Br)c1. The third-order valence-corrected chi connectivity index (χ3v) is 3.43. The van der Waals surface area contributed by atoms with Crippen LogP contribution in [-0.2, 0) is 0 Å². The molecule has 0 saturated heterocycles. The molecular formula is C11H5Br2Cl2NO. The molecule has 17 heavy (non-hydrogen) atoms. The van der Waals surface area contributed by atoms with Gasteiger partial charge in [-0.25, -0.2) is 4.98 Å². The van der Waals surface area contributed by atoms with Crippen LogP contribution in [0.2, 0.25) is 10.0 Å². The lowest BCUT2D eigenvalue weighted by molar-refractivity contribution is 0.460. The molecule has 2 rings (SSSR count). The second-order valence-electron chi connectivity index (χ2n) is 3.12. The Hall–Kier alpha value is -0.290. The van der Waals surface area contributed by atoms with Crippen molar-refractivity contribution >= 4 is 55.1 Å². The molecule has 0 spiro atoms. The molecule has 0 aliphatic rings. The lowest BCUT2D eigenvalue weighted by Gasteiger charge is -2.08. The minimum Gasteiger partial charge on any atom is -0.436 e. The number of benzene rings is 1. The fourth-order valence-electron chi connectivity index (χ4n) is 1.14. The maximum atomic E-state index is 6.00. The quantitative estimate of drug-likeness (QED) is 0.647.